The van der Waals surface area contributed by atoms with Gasteiger partial charge in [-0.15, -0.1) is 0 Å². The van der Waals surface area contributed by atoms with Gasteiger partial charge in [0.15, 0.2) is 0 Å². The molecule has 0 saturated heterocycles. The van der Waals surface area contributed by atoms with E-state index >= 15 is 0 Å². The lowest BCUT2D eigenvalue weighted by molar-refractivity contribution is 0.469. The topological polar surface area (TPSA) is 12.0 Å². The molecular weight excluding hydrogens is 158 g/mol. The van der Waals surface area contributed by atoms with Crippen molar-refractivity contribution >= 4 is 0 Å². The highest BCUT2D eigenvalue weighted by Crippen LogP contribution is 2.31. The Bertz CT molecular complexity index is 293. The maximum absolute atomic E-state index is 3.54. The van der Waals surface area contributed by atoms with Crippen LogP contribution < -0.4 is 5.32 Å². The first-order chi connectivity index (χ1) is 6.33. The van der Waals surface area contributed by atoms with Crippen LogP contribution in [0.3, 0.4) is 0 Å². The molecule has 0 radical (unpaired) electrons. The standard InChI is InChI=1S/C12H17N/c1-3-10-8-13-9(2)11-6-4-5-7-12(10)11/h4-7,9-10,13H,3,8H2,1-2H3. The molecule has 1 heterocycles. The normalized spacial score (nSPS) is 26.9. The summed E-state index contributed by atoms with van der Waals surface area (Å²) in [6.07, 6.45) is 1.23. The first kappa shape index (κ1) is 8.76. The largest absolute Gasteiger partial charge is 0.310 e. The summed E-state index contributed by atoms with van der Waals surface area (Å²) < 4.78 is 0. The summed E-state index contributed by atoms with van der Waals surface area (Å²) in [6.45, 7) is 5.64. The molecule has 0 spiro atoms. The Balaban J connectivity index is 2.42. The number of fused-ring (bicyclic) bond motifs is 1. The van der Waals surface area contributed by atoms with Crippen LogP contribution in [-0.4, -0.2) is 6.54 Å². The number of benzene rings is 1. The van der Waals surface area contributed by atoms with Gasteiger partial charge in [-0.2, -0.15) is 0 Å². The van der Waals surface area contributed by atoms with Crippen LogP contribution in [0.5, 0.6) is 0 Å². The van der Waals surface area contributed by atoms with E-state index < -0.39 is 0 Å². The fourth-order valence-corrected chi connectivity index (χ4v) is 2.18. The van der Waals surface area contributed by atoms with Gasteiger partial charge in [-0.25, -0.2) is 0 Å². The molecule has 1 N–H and O–H groups in total. The van der Waals surface area contributed by atoms with Gasteiger partial charge in [0, 0.05) is 12.6 Å². The summed E-state index contributed by atoms with van der Waals surface area (Å²) in [6, 6.07) is 9.34. The van der Waals surface area contributed by atoms with Crippen LogP contribution in [0.15, 0.2) is 24.3 Å². The van der Waals surface area contributed by atoms with E-state index in [1.165, 1.54) is 12.0 Å². The van der Waals surface area contributed by atoms with Crippen molar-refractivity contribution in [3.63, 3.8) is 0 Å². The molecule has 0 saturated carbocycles. The van der Waals surface area contributed by atoms with Crippen molar-refractivity contribution in [3.8, 4) is 0 Å². The van der Waals surface area contributed by atoms with Crippen molar-refractivity contribution in [2.45, 2.75) is 32.2 Å². The van der Waals surface area contributed by atoms with E-state index in [9.17, 15) is 0 Å². The van der Waals surface area contributed by atoms with E-state index in [-0.39, 0.29) is 0 Å². The molecule has 0 bridgehead atoms. The van der Waals surface area contributed by atoms with Gasteiger partial charge in [0.05, 0.1) is 0 Å². The first-order valence-electron chi connectivity index (χ1n) is 5.15. The lowest BCUT2D eigenvalue weighted by atomic mass is 9.86. The molecule has 0 aromatic heterocycles. The second kappa shape index (κ2) is 3.51. The highest BCUT2D eigenvalue weighted by Gasteiger charge is 2.21. The quantitative estimate of drug-likeness (QED) is 0.692. The molecule has 13 heavy (non-hydrogen) atoms. The number of hydrogen-bond donors (Lipinski definition) is 1. The monoisotopic (exact) mass is 175 g/mol. The van der Waals surface area contributed by atoms with Crippen LogP contribution in [-0.2, 0) is 0 Å². The Morgan fingerprint density at radius 3 is 2.69 bits per heavy atom. The Labute approximate surface area is 80.2 Å². The fraction of sp³-hybridized carbons (Fsp3) is 0.500. The zero-order valence-electron chi connectivity index (χ0n) is 8.38. The van der Waals surface area contributed by atoms with Gasteiger partial charge < -0.3 is 5.32 Å². The molecule has 1 aromatic rings. The van der Waals surface area contributed by atoms with Gasteiger partial charge in [0.25, 0.3) is 0 Å². The van der Waals surface area contributed by atoms with Crippen LogP contribution in [0.25, 0.3) is 0 Å². The Kier molecular flexibility index (Phi) is 2.36. The smallest absolute Gasteiger partial charge is 0.0294 e. The van der Waals surface area contributed by atoms with Crippen LogP contribution in [0, 0.1) is 0 Å². The SMILES string of the molecule is CCC1CNC(C)c2ccccc21. The molecule has 70 valence electrons. The third-order valence-corrected chi connectivity index (χ3v) is 3.07. The third-order valence-electron chi connectivity index (χ3n) is 3.07. The van der Waals surface area contributed by atoms with Crippen molar-refractivity contribution < 1.29 is 0 Å². The van der Waals surface area contributed by atoms with Gasteiger partial charge >= 0.3 is 0 Å². The Morgan fingerprint density at radius 2 is 2.00 bits per heavy atom. The summed E-state index contributed by atoms with van der Waals surface area (Å²) >= 11 is 0. The second-order valence-corrected chi connectivity index (χ2v) is 3.86. The minimum atomic E-state index is 0.527. The van der Waals surface area contributed by atoms with E-state index in [1.807, 2.05) is 0 Å². The summed E-state index contributed by atoms with van der Waals surface area (Å²) in [5.41, 5.74) is 3.04. The molecular formula is C12H17N. The lowest BCUT2D eigenvalue weighted by Crippen LogP contribution is -2.31. The molecule has 0 amide bonds. The summed E-state index contributed by atoms with van der Waals surface area (Å²) in [5, 5.41) is 3.54. The molecule has 1 aliphatic rings. The summed E-state index contributed by atoms with van der Waals surface area (Å²) in [5.74, 6) is 0.715. The first-order valence-corrected chi connectivity index (χ1v) is 5.15. The zero-order valence-corrected chi connectivity index (χ0v) is 8.38. The van der Waals surface area contributed by atoms with Gasteiger partial charge in [-0.1, -0.05) is 31.2 Å². The number of nitrogens with one attached hydrogen (secondary N) is 1. The second-order valence-electron chi connectivity index (χ2n) is 3.86. The average molecular weight is 175 g/mol. The van der Waals surface area contributed by atoms with Crippen LogP contribution in [0.2, 0.25) is 0 Å². The van der Waals surface area contributed by atoms with Gasteiger partial charge in [-0.05, 0) is 30.4 Å². The van der Waals surface area contributed by atoms with Gasteiger partial charge in [0.1, 0.15) is 0 Å². The van der Waals surface area contributed by atoms with Gasteiger partial charge in [-0.3, -0.25) is 0 Å². The molecule has 0 fully saturated rings. The predicted molar refractivity (Wildman–Crippen MR) is 55.9 cm³/mol. The van der Waals surface area contributed by atoms with Crippen molar-refractivity contribution in [1.29, 1.82) is 0 Å². The Hall–Kier alpha value is -0.820. The summed E-state index contributed by atoms with van der Waals surface area (Å²) in [4.78, 5) is 0. The molecule has 2 rings (SSSR count). The lowest BCUT2D eigenvalue weighted by Gasteiger charge is -2.30. The molecule has 0 aliphatic carbocycles. The van der Waals surface area contributed by atoms with Crippen molar-refractivity contribution in [3.05, 3.63) is 35.4 Å². The maximum Gasteiger partial charge on any atom is 0.0294 e. The Morgan fingerprint density at radius 1 is 1.31 bits per heavy atom. The van der Waals surface area contributed by atoms with E-state index in [2.05, 4.69) is 43.4 Å². The number of rotatable bonds is 1. The highest BCUT2D eigenvalue weighted by molar-refractivity contribution is 5.35. The number of hydrogen-bond acceptors (Lipinski definition) is 1. The minimum Gasteiger partial charge on any atom is -0.310 e. The van der Waals surface area contributed by atoms with Crippen molar-refractivity contribution in [2.75, 3.05) is 6.54 Å². The van der Waals surface area contributed by atoms with E-state index in [0.717, 1.165) is 6.54 Å². The van der Waals surface area contributed by atoms with Gasteiger partial charge in [0.2, 0.25) is 0 Å². The third kappa shape index (κ3) is 1.49. The van der Waals surface area contributed by atoms with Crippen LogP contribution >= 0.6 is 0 Å². The van der Waals surface area contributed by atoms with Crippen molar-refractivity contribution in [2.24, 2.45) is 0 Å². The van der Waals surface area contributed by atoms with E-state index in [1.54, 1.807) is 5.56 Å². The molecule has 2 atom stereocenters. The molecule has 1 nitrogen and oxygen atoms in total. The highest BCUT2D eigenvalue weighted by atomic mass is 14.9. The van der Waals surface area contributed by atoms with E-state index in [0.29, 0.717) is 12.0 Å². The minimum absolute atomic E-state index is 0.527. The predicted octanol–water partition coefficient (Wildman–Crippen LogP) is 2.84. The molecule has 2 unspecified atom stereocenters. The van der Waals surface area contributed by atoms with Crippen LogP contribution in [0.4, 0.5) is 0 Å². The van der Waals surface area contributed by atoms with Crippen LogP contribution in [0.1, 0.15) is 43.4 Å². The fourth-order valence-electron chi connectivity index (χ4n) is 2.18. The van der Waals surface area contributed by atoms with E-state index in [4.69, 9.17) is 0 Å². The summed E-state index contributed by atoms with van der Waals surface area (Å²) in [7, 11) is 0. The van der Waals surface area contributed by atoms with Crippen molar-refractivity contribution in [1.82, 2.24) is 5.32 Å². The average Bonchev–Trinajstić information content (AvgIpc) is 2.19. The maximum atomic E-state index is 3.54. The zero-order chi connectivity index (χ0) is 9.26. The molecule has 1 aliphatic heterocycles. The molecule has 1 aromatic carbocycles. The molecule has 1 heteroatoms.